The summed E-state index contributed by atoms with van der Waals surface area (Å²) in [6.45, 7) is 3.26. The standard InChI is InChI=1S/C48H91NO12S/c1-3-5-7-9-11-13-15-16-17-18-19-20-21-22-23-24-25-27-29-31-33-35-37-42(52)47(55)49-40(41(51)36-34-32-30-28-26-14-12-10-8-6-4-2)39-59-48-45(54)46(61-62(56,57)58)44(53)43(38-50)60-48/h19-20,22-23,40-46,48,50-54H,3-18,21,24-39H2,1-2H3,(H,49,55)(H,56,57,58)/b20-19-,23-22-. The third kappa shape index (κ3) is 30.6. The van der Waals surface area contributed by atoms with E-state index in [9.17, 15) is 43.3 Å². The summed E-state index contributed by atoms with van der Waals surface area (Å²) in [4.78, 5) is 13.1. The fraction of sp³-hybridized carbons (Fsp3) is 0.896. The van der Waals surface area contributed by atoms with Gasteiger partial charge in [0.15, 0.2) is 6.29 Å². The first-order valence-corrected chi connectivity index (χ1v) is 26.2. The lowest BCUT2D eigenvalue weighted by Crippen LogP contribution is -2.61. The van der Waals surface area contributed by atoms with Gasteiger partial charge in [-0.15, -0.1) is 0 Å². The molecule has 0 spiro atoms. The van der Waals surface area contributed by atoms with Crippen LogP contribution in [-0.4, -0.2) is 107 Å². The van der Waals surface area contributed by atoms with Crippen LogP contribution in [0.25, 0.3) is 0 Å². The van der Waals surface area contributed by atoms with Gasteiger partial charge in [0.25, 0.3) is 0 Å². The van der Waals surface area contributed by atoms with E-state index in [1.165, 1.54) is 109 Å². The Morgan fingerprint density at radius 2 is 1.08 bits per heavy atom. The van der Waals surface area contributed by atoms with Crippen LogP contribution in [-0.2, 0) is 28.9 Å². The van der Waals surface area contributed by atoms with E-state index in [2.05, 4.69) is 47.7 Å². The topological polar surface area (TPSA) is 212 Å². The van der Waals surface area contributed by atoms with Crippen LogP contribution in [0.5, 0.6) is 0 Å². The summed E-state index contributed by atoms with van der Waals surface area (Å²) in [5.41, 5.74) is 0. The number of aliphatic hydroxyl groups is 5. The van der Waals surface area contributed by atoms with Crippen molar-refractivity contribution >= 4 is 16.3 Å². The predicted octanol–water partition coefficient (Wildman–Crippen LogP) is 9.08. The molecule has 0 saturated carbocycles. The second-order valence-corrected chi connectivity index (χ2v) is 18.6. The van der Waals surface area contributed by atoms with Crippen LogP contribution in [0.4, 0.5) is 0 Å². The van der Waals surface area contributed by atoms with Crippen molar-refractivity contribution in [2.75, 3.05) is 13.2 Å². The Balaban J connectivity index is 2.46. The van der Waals surface area contributed by atoms with Gasteiger partial charge in [0.2, 0.25) is 5.91 Å². The molecule has 13 nitrogen and oxygen atoms in total. The maximum atomic E-state index is 13.1. The quantitative estimate of drug-likeness (QED) is 0.0174. The van der Waals surface area contributed by atoms with Gasteiger partial charge in [0, 0.05) is 0 Å². The molecule has 0 radical (unpaired) electrons. The normalized spacial score (nSPS) is 21.2. The van der Waals surface area contributed by atoms with E-state index in [4.69, 9.17) is 9.47 Å². The molecule has 1 aliphatic rings. The molecule has 14 heteroatoms. The molecule has 1 rings (SSSR count). The summed E-state index contributed by atoms with van der Waals surface area (Å²) in [5, 5.41) is 55.4. The number of nitrogens with one attached hydrogen (secondary N) is 1. The number of aliphatic hydroxyl groups excluding tert-OH is 5. The summed E-state index contributed by atoms with van der Waals surface area (Å²) in [6.07, 6.45) is 32.3. The molecule has 1 heterocycles. The molecule has 1 saturated heterocycles. The molecule has 0 bridgehead atoms. The fourth-order valence-electron chi connectivity index (χ4n) is 7.91. The number of ether oxygens (including phenoxy) is 2. The average Bonchev–Trinajstić information content (AvgIpc) is 3.24. The smallest absolute Gasteiger partial charge is 0.394 e. The average molecular weight is 906 g/mol. The number of rotatable bonds is 42. The van der Waals surface area contributed by atoms with Gasteiger partial charge in [0.1, 0.15) is 30.5 Å². The highest BCUT2D eigenvalue weighted by atomic mass is 32.3. The van der Waals surface area contributed by atoms with Gasteiger partial charge in [-0.1, -0.05) is 192 Å². The number of allylic oxidation sites excluding steroid dienone is 4. The third-order valence-corrected chi connectivity index (χ3v) is 12.3. The molecule has 7 N–H and O–H groups in total. The predicted molar refractivity (Wildman–Crippen MR) is 247 cm³/mol. The molecular formula is C48H91NO12S. The molecule has 8 unspecified atom stereocenters. The summed E-state index contributed by atoms with van der Waals surface area (Å²) < 4.78 is 47.6. The molecular weight excluding hydrogens is 815 g/mol. The van der Waals surface area contributed by atoms with Crippen molar-refractivity contribution in [3.63, 3.8) is 0 Å². The van der Waals surface area contributed by atoms with Gasteiger partial charge >= 0.3 is 10.4 Å². The Labute approximate surface area is 376 Å². The van der Waals surface area contributed by atoms with Crippen LogP contribution < -0.4 is 5.32 Å². The van der Waals surface area contributed by atoms with Crippen molar-refractivity contribution < 1.29 is 57.0 Å². The molecule has 0 aromatic rings. The van der Waals surface area contributed by atoms with Gasteiger partial charge in [-0.25, -0.2) is 4.18 Å². The van der Waals surface area contributed by atoms with E-state index in [0.717, 1.165) is 64.2 Å². The highest BCUT2D eigenvalue weighted by molar-refractivity contribution is 7.80. The lowest BCUT2D eigenvalue weighted by molar-refractivity contribution is -0.298. The van der Waals surface area contributed by atoms with Crippen molar-refractivity contribution in [3.05, 3.63) is 24.3 Å². The van der Waals surface area contributed by atoms with Crippen LogP contribution in [0, 0.1) is 0 Å². The zero-order valence-corrected chi connectivity index (χ0v) is 39.6. The van der Waals surface area contributed by atoms with E-state index in [0.29, 0.717) is 19.3 Å². The summed E-state index contributed by atoms with van der Waals surface area (Å²) in [7, 11) is -5.11. The van der Waals surface area contributed by atoms with E-state index < -0.39 is 78.5 Å². The van der Waals surface area contributed by atoms with Gasteiger partial charge in [-0.05, 0) is 44.9 Å². The zero-order chi connectivity index (χ0) is 45.7. The van der Waals surface area contributed by atoms with Crippen LogP contribution >= 0.6 is 0 Å². The molecule has 1 fully saturated rings. The lowest BCUT2D eigenvalue weighted by Gasteiger charge is -2.41. The number of unbranched alkanes of at least 4 members (excludes halogenated alkanes) is 25. The molecule has 8 atom stereocenters. The second-order valence-electron chi connectivity index (χ2n) is 17.5. The van der Waals surface area contributed by atoms with Crippen LogP contribution in [0.3, 0.4) is 0 Å². The largest absolute Gasteiger partial charge is 0.397 e. The van der Waals surface area contributed by atoms with Crippen LogP contribution in [0.1, 0.15) is 213 Å². The third-order valence-electron chi connectivity index (χ3n) is 11.9. The molecule has 62 heavy (non-hydrogen) atoms. The SMILES string of the molecule is CCCCCCCCCCC/C=C\C/C=C\CCCCCCCCC(O)C(=O)NC(COC1OC(CO)C(O)C(OS(=O)(=O)O)C1O)C(O)CCCCCCCCCCCCC. The van der Waals surface area contributed by atoms with Gasteiger partial charge < -0.3 is 40.3 Å². The van der Waals surface area contributed by atoms with Crippen LogP contribution in [0.15, 0.2) is 24.3 Å². The maximum Gasteiger partial charge on any atom is 0.397 e. The number of amides is 1. The number of carbonyl (C=O) groups is 1. The fourth-order valence-corrected chi connectivity index (χ4v) is 8.42. The number of carbonyl (C=O) groups excluding carboxylic acids is 1. The molecule has 1 amide bonds. The minimum absolute atomic E-state index is 0.249. The Kier molecular flexibility index (Phi) is 36.6. The van der Waals surface area contributed by atoms with Gasteiger partial charge in [0.05, 0.1) is 25.4 Å². The summed E-state index contributed by atoms with van der Waals surface area (Å²) in [6, 6.07) is -1.04. The minimum Gasteiger partial charge on any atom is -0.394 e. The van der Waals surface area contributed by atoms with Crippen molar-refractivity contribution in [1.29, 1.82) is 0 Å². The van der Waals surface area contributed by atoms with Gasteiger partial charge in [-0.3, -0.25) is 9.35 Å². The van der Waals surface area contributed by atoms with Crippen LogP contribution in [0.2, 0.25) is 0 Å². The van der Waals surface area contributed by atoms with E-state index in [-0.39, 0.29) is 6.42 Å². The summed E-state index contributed by atoms with van der Waals surface area (Å²) in [5.74, 6) is -0.678. The van der Waals surface area contributed by atoms with E-state index >= 15 is 0 Å². The highest BCUT2D eigenvalue weighted by Gasteiger charge is 2.48. The molecule has 0 aromatic carbocycles. The Morgan fingerprint density at radius 1 is 0.645 bits per heavy atom. The van der Waals surface area contributed by atoms with Crippen molar-refractivity contribution in [2.45, 2.75) is 262 Å². The monoisotopic (exact) mass is 906 g/mol. The molecule has 366 valence electrons. The van der Waals surface area contributed by atoms with Gasteiger partial charge in [-0.2, -0.15) is 8.42 Å². The Hall–Kier alpha value is -1.46. The molecule has 1 aliphatic heterocycles. The molecule has 0 aliphatic carbocycles. The van der Waals surface area contributed by atoms with Crippen molar-refractivity contribution in [1.82, 2.24) is 5.32 Å². The van der Waals surface area contributed by atoms with E-state index in [1.807, 2.05) is 0 Å². The minimum atomic E-state index is -5.11. The van der Waals surface area contributed by atoms with Crippen molar-refractivity contribution in [2.24, 2.45) is 0 Å². The van der Waals surface area contributed by atoms with E-state index in [1.54, 1.807) is 0 Å². The highest BCUT2D eigenvalue weighted by Crippen LogP contribution is 2.26. The first-order valence-electron chi connectivity index (χ1n) is 24.8. The maximum absolute atomic E-state index is 13.1. The summed E-state index contributed by atoms with van der Waals surface area (Å²) >= 11 is 0. The zero-order valence-electron chi connectivity index (χ0n) is 38.8. The Bertz CT molecular complexity index is 1220. The lowest BCUT2D eigenvalue weighted by atomic mass is 9.99. The Morgan fingerprint density at radius 3 is 1.53 bits per heavy atom. The first-order chi connectivity index (χ1) is 29.9. The first kappa shape index (κ1) is 58.6. The van der Waals surface area contributed by atoms with Crippen molar-refractivity contribution in [3.8, 4) is 0 Å². The number of hydrogen-bond donors (Lipinski definition) is 7. The molecule has 0 aromatic heterocycles. The second kappa shape index (κ2) is 38.8. The number of hydrogen-bond acceptors (Lipinski definition) is 11.